The van der Waals surface area contributed by atoms with Crippen LogP contribution in [-0.2, 0) is 0 Å². The van der Waals surface area contributed by atoms with Crippen molar-refractivity contribution >= 4 is 28.8 Å². The molecule has 2 aromatic carbocycles. The van der Waals surface area contributed by atoms with Crippen molar-refractivity contribution in [2.24, 2.45) is 0 Å². The van der Waals surface area contributed by atoms with E-state index in [1.807, 2.05) is 18.2 Å². The van der Waals surface area contributed by atoms with Gasteiger partial charge in [-0.1, -0.05) is 12.1 Å². The van der Waals surface area contributed by atoms with Gasteiger partial charge in [0.2, 0.25) is 0 Å². The Kier molecular flexibility index (Phi) is 5.71. The molecule has 1 aliphatic rings. The van der Waals surface area contributed by atoms with Crippen molar-refractivity contribution in [3.05, 3.63) is 80.4 Å². The number of nitro groups is 2. The second kappa shape index (κ2) is 8.76. The predicted molar refractivity (Wildman–Crippen MR) is 117 cm³/mol. The number of benzene rings is 2. The van der Waals surface area contributed by atoms with Crippen LogP contribution in [-0.4, -0.2) is 39.0 Å². The third-order valence-electron chi connectivity index (χ3n) is 5.08. The number of anilines is 2. The van der Waals surface area contributed by atoms with Gasteiger partial charge in [-0.05, 0) is 37.1 Å². The molecule has 2 heterocycles. The zero-order chi connectivity index (χ0) is 22.7. The SMILES string of the molecule is O=C(Nc1cccc(-c2ccc(N3CCCC3)nn2)c1)c1cc([N+](=O)[O-])cc([N+](=O)[O-])c1. The van der Waals surface area contributed by atoms with Crippen LogP contribution in [0.1, 0.15) is 23.2 Å². The van der Waals surface area contributed by atoms with Crippen molar-refractivity contribution in [1.29, 1.82) is 0 Å². The number of nitrogens with zero attached hydrogens (tertiary/aromatic N) is 5. The van der Waals surface area contributed by atoms with Gasteiger partial charge in [-0.15, -0.1) is 10.2 Å². The van der Waals surface area contributed by atoms with Crippen molar-refractivity contribution in [3.63, 3.8) is 0 Å². The minimum atomic E-state index is -0.783. The number of nitrogens with one attached hydrogen (secondary N) is 1. The molecule has 0 atom stereocenters. The van der Waals surface area contributed by atoms with Gasteiger partial charge < -0.3 is 10.2 Å². The van der Waals surface area contributed by atoms with E-state index in [1.165, 1.54) is 0 Å². The van der Waals surface area contributed by atoms with Crippen molar-refractivity contribution in [2.45, 2.75) is 12.8 Å². The Morgan fingerprint density at radius 2 is 1.59 bits per heavy atom. The molecule has 1 amide bonds. The van der Waals surface area contributed by atoms with Crippen molar-refractivity contribution in [3.8, 4) is 11.3 Å². The highest BCUT2D eigenvalue weighted by atomic mass is 16.6. The fourth-order valence-electron chi connectivity index (χ4n) is 3.49. The lowest BCUT2D eigenvalue weighted by molar-refractivity contribution is -0.394. The summed E-state index contributed by atoms with van der Waals surface area (Å²) in [7, 11) is 0. The molecule has 32 heavy (non-hydrogen) atoms. The van der Waals surface area contributed by atoms with E-state index < -0.39 is 27.1 Å². The van der Waals surface area contributed by atoms with Crippen LogP contribution in [0.2, 0.25) is 0 Å². The lowest BCUT2D eigenvalue weighted by Crippen LogP contribution is -2.19. The molecule has 1 fully saturated rings. The summed E-state index contributed by atoms with van der Waals surface area (Å²) in [5.74, 6) is 0.118. The Hall–Kier alpha value is -4.41. The fraction of sp³-hybridized carbons (Fsp3) is 0.190. The Morgan fingerprint density at radius 3 is 2.19 bits per heavy atom. The number of amides is 1. The predicted octanol–water partition coefficient (Wildman–Crippen LogP) is 3.81. The van der Waals surface area contributed by atoms with Crippen LogP contribution in [0, 0.1) is 20.2 Å². The van der Waals surface area contributed by atoms with Crippen molar-refractivity contribution in [2.75, 3.05) is 23.3 Å². The summed E-state index contributed by atoms with van der Waals surface area (Å²) in [6.07, 6.45) is 2.28. The van der Waals surface area contributed by atoms with Crippen LogP contribution in [0.5, 0.6) is 0 Å². The maximum atomic E-state index is 12.6. The molecule has 0 saturated carbocycles. The first kappa shape index (κ1) is 20.8. The molecule has 11 nitrogen and oxygen atoms in total. The Labute approximate surface area is 182 Å². The van der Waals surface area contributed by atoms with Gasteiger partial charge in [0.05, 0.1) is 27.2 Å². The summed E-state index contributed by atoms with van der Waals surface area (Å²) in [6, 6.07) is 13.4. The van der Waals surface area contributed by atoms with Crippen LogP contribution in [0.15, 0.2) is 54.6 Å². The Bertz CT molecular complexity index is 1160. The van der Waals surface area contributed by atoms with Crippen LogP contribution in [0.25, 0.3) is 11.3 Å². The number of non-ortho nitro benzene ring substituents is 2. The zero-order valence-electron chi connectivity index (χ0n) is 16.8. The number of aromatic nitrogens is 2. The summed E-state index contributed by atoms with van der Waals surface area (Å²) in [6.45, 7) is 1.93. The molecule has 1 N–H and O–H groups in total. The molecule has 1 aromatic heterocycles. The Balaban J connectivity index is 1.54. The molecular formula is C21H18N6O5. The molecule has 0 aliphatic carbocycles. The molecule has 3 aromatic rings. The summed E-state index contributed by atoms with van der Waals surface area (Å²) in [4.78, 5) is 35.3. The van der Waals surface area contributed by atoms with E-state index in [2.05, 4.69) is 20.4 Å². The Morgan fingerprint density at radius 1 is 0.906 bits per heavy atom. The second-order valence-electron chi connectivity index (χ2n) is 7.26. The van der Waals surface area contributed by atoms with Gasteiger partial charge in [-0.3, -0.25) is 25.0 Å². The maximum Gasteiger partial charge on any atom is 0.277 e. The van der Waals surface area contributed by atoms with Crippen LogP contribution < -0.4 is 10.2 Å². The molecule has 0 bridgehead atoms. The summed E-state index contributed by atoms with van der Waals surface area (Å²) < 4.78 is 0. The van der Waals surface area contributed by atoms with E-state index in [0.29, 0.717) is 16.9 Å². The number of carbonyl (C=O) groups excluding carboxylic acids is 1. The molecule has 1 aliphatic heterocycles. The highest BCUT2D eigenvalue weighted by Gasteiger charge is 2.20. The van der Waals surface area contributed by atoms with Gasteiger partial charge in [-0.25, -0.2) is 0 Å². The van der Waals surface area contributed by atoms with E-state index in [0.717, 1.165) is 49.9 Å². The first-order chi connectivity index (χ1) is 15.4. The van der Waals surface area contributed by atoms with E-state index in [1.54, 1.807) is 18.2 Å². The van der Waals surface area contributed by atoms with Gasteiger partial charge >= 0.3 is 0 Å². The molecule has 1 saturated heterocycles. The lowest BCUT2D eigenvalue weighted by atomic mass is 10.1. The number of carbonyl (C=O) groups is 1. The highest BCUT2D eigenvalue weighted by molar-refractivity contribution is 6.05. The average Bonchev–Trinajstić information content (AvgIpc) is 3.34. The molecule has 0 spiro atoms. The van der Waals surface area contributed by atoms with Gasteiger partial charge in [0.1, 0.15) is 0 Å². The van der Waals surface area contributed by atoms with E-state index >= 15 is 0 Å². The van der Waals surface area contributed by atoms with Gasteiger partial charge in [0.15, 0.2) is 5.82 Å². The standard InChI is InChI=1S/C21H18N6O5/c28-21(15-11-17(26(29)30)13-18(12-15)27(31)32)22-16-5-3-4-14(10-16)19-6-7-20(24-23-19)25-8-1-2-9-25/h3-7,10-13H,1-2,8-9H2,(H,22,28). The van der Waals surface area contributed by atoms with Crippen molar-refractivity contribution in [1.82, 2.24) is 10.2 Å². The van der Waals surface area contributed by atoms with E-state index in [-0.39, 0.29) is 5.56 Å². The maximum absolute atomic E-state index is 12.6. The third kappa shape index (κ3) is 4.51. The smallest absolute Gasteiger partial charge is 0.277 e. The van der Waals surface area contributed by atoms with Crippen LogP contribution in [0.3, 0.4) is 0 Å². The van der Waals surface area contributed by atoms with Gasteiger partial charge in [-0.2, -0.15) is 0 Å². The first-order valence-corrected chi connectivity index (χ1v) is 9.85. The summed E-state index contributed by atoms with van der Waals surface area (Å²) in [5.41, 5.74) is 0.486. The minimum Gasteiger partial charge on any atom is -0.355 e. The van der Waals surface area contributed by atoms with Gasteiger partial charge in [0.25, 0.3) is 17.3 Å². The zero-order valence-corrected chi connectivity index (χ0v) is 16.8. The monoisotopic (exact) mass is 434 g/mol. The van der Waals surface area contributed by atoms with E-state index in [9.17, 15) is 25.0 Å². The second-order valence-corrected chi connectivity index (χ2v) is 7.26. The molecule has 4 rings (SSSR count). The number of nitro benzene ring substituents is 2. The fourth-order valence-corrected chi connectivity index (χ4v) is 3.49. The third-order valence-corrected chi connectivity index (χ3v) is 5.08. The molecule has 11 heteroatoms. The largest absolute Gasteiger partial charge is 0.355 e. The quantitative estimate of drug-likeness (QED) is 0.455. The number of hydrogen-bond donors (Lipinski definition) is 1. The summed E-state index contributed by atoms with van der Waals surface area (Å²) >= 11 is 0. The van der Waals surface area contributed by atoms with Crippen molar-refractivity contribution < 1.29 is 14.6 Å². The number of rotatable bonds is 6. The molecule has 0 radical (unpaired) electrons. The number of hydrogen-bond acceptors (Lipinski definition) is 8. The minimum absolute atomic E-state index is 0.189. The first-order valence-electron chi connectivity index (χ1n) is 9.85. The molecule has 0 unspecified atom stereocenters. The van der Waals surface area contributed by atoms with E-state index in [4.69, 9.17) is 0 Å². The average molecular weight is 434 g/mol. The summed E-state index contributed by atoms with van der Waals surface area (Å²) in [5, 5.41) is 33.3. The normalized spacial score (nSPS) is 13.1. The highest BCUT2D eigenvalue weighted by Crippen LogP contribution is 2.26. The lowest BCUT2D eigenvalue weighted by Gasteiger charge is -2.15. The topological polar surface area (TPSA) is 144 Å². The molecular weight excluding hydrogens is 416 g/mol. The van der Waals surface area contributed by atoms with Gasteiger partial charge in [0, 0.05) is 36.5 Å². The molecule has 162 valence electrons. The van der Waals surface area contributed by atoms with Crippen LogP contribution >= 0.6 is 0 Å². The van der Waals surface area contributed by atoms with Crippen LogP contribution in [0.4, 0.5) is 22.9 Å².